The molecule has 0 fully saturated rings. The quantitative estimate of drug-likeness (QED) is 0.785. The summed E-state index contributed by atoms with van der Waals surface area (Å²) in [6.45, 7) is 3.43. The van der Waals surface area contributed by atoms with E-state index in [9.17, 15) is 0 Å². The molecule has 2 rings (SSSR count). The van der Waals surface area contributed by atoms with Gasteiger partial charge in [0.05, 0.1) is 0 Å². The van der Waals surface area contributed by atoms with E-state index in [1.54, 1.807) is 0 Å². The zero-order valence-electron chi connectivity index (χ0n) is 8.61. The smallest absolute Gasteiger partial charge is 0.151 e. The minimum Gasteiger partial charge on any atom is -0.396 e. The van der Waals surface area contributed by atoms with E-state index in [4.69, 9.17) is 5.11 Å². The van der Waals surface area contributed by atoms with Crippen LogP contribution in [0.25, 0.3) is 0 Å². The minimum atomic E-state index is 0.222. The van der Waals surface area contributed by atoms with Crippen molar-refractivity contribution in [3.05, 3.63) is 11.6 Å². The summed E-state index contributed by atoms with van der Waals surface area (Å²) in [6, 6.07) is 0. The highest BCUT2D eigenvalue weighted by atomic mass is 16.2. The van der Waals surface area contributed by atoms with E-state index in [1.165, 1.54) is 12.8 Å². The Morgan fingerprint density at radius 1 is 1.57 bits per heavy atom. The summed E-state index contributed by atoms with van der Waals surface area (Å²) in [5.41, 5.74) is 0. The highest BCUT2D eigenvalue weighted by molar-refractivity contribution is 5.01. The molecule has 0 saturated heterocycles. The molecule has 78 valence electrons. The zero-order valence-corrected chi connectivity index (χ0v) is 8.61. The number of aromatic nitrogens is 3. The Balaban J connectivity index is 2.13. The Bertz CT molecular complexity index is 308. The third-order valence-corrected chi connectivity index (χ3v) is 2.75. The van der Waals surface area contributed by atoms with Gasteiger partial charge in [0.2, 0.25) is 0 Å². The van der Waals surface area contributed by atoms with Crippen molar-refractivity contribution in [3.8, 4) is 0 Å². The topological polar surface area (TPSA) is 50.9 Å². The summed E-state index contributed by atoms with van der Waals surface area (Å²) >= 11 is 0. The molecule has 1 aromatic rings. The number of fused-ring (bicyclic) bond motifs is 1. The maximum absolute atomic E-state index is 8.72. The van der Waals surface area contributed by atoms with Gasteiger partial charge in [0.15, 0.2) is 5.82 Å². The molecule has 0 amide bonds. The number of nitrogens with zero attached hydrogens (tertiary/aromatic N) is 3. The van der Waals surface area contributed by atoms with E-state index >= 15 is 0 Å². The fourth-order valence-corrected chi connectivity index (χ4v) is 1.95. The van der Waals surface area contributed by atoms with Crippen molar-refractivity contribution >= 4 is 0 Å². The van der Waals surface area contributed by atoms with Crippen LogP contribution in [0.1, 0.15) is 43.8 Å². The molecule has 1 N–H and O–H groups in total. The Hall–Kier alpha value is -0.900. The minimum absolute atomic E-state index is 0.222. The van der Waals surface area contributed by atoms with Crippen LogP contribution >= 0.6 is 0 Å². The van der Waals surface area contributed by atoms with Gasteiger partial charge in [-0.1, -0.05) is 6.92 Å². The lowest BCUT2D eigenvalue weighted by Gasteiger charge is -2.17. The summed E-state index contributed by atoms with van der Waals surface area (Å²) in [7, 11) is 0. The first-order chi connectivity index (χ1) is 6.81. The molecule has 1 atom stereocenters. The highest BCUT2D eigenvalue weighted by Crippen LogP contribution is 2.24. The van der Waals surface area contributed by atoms with Crippen LogP contribution in [-0.4, -0.2) is 26.5 Å². The number of aryl methyl sites for hydroxylation is 2. The molecule has 4 heteroatoms. The molecule has 1 aliphatic rings. The van der Waals surface area contributed by atoms with Crippen LogP contribution in [0.15, 0.2) is 0 Å². The second-order valence-corrected chi connectivity index (χ2v) is 3.98. The van der Waals surface area contributed by atoms with E-state index in [0.717, 1.165) is 31.0 Å². The molecule has 0 aromatic carbocycles. The van der Waals surface area contributed by atoms with Crippen LogP contribution in [0.2, 0.25) is 0 Å². The van der Waals surface area contributed by atoms with Crippen LogP contribution in [0.5, 0.6) is 0 Å². The van der Waals surface area contributed by atoms with Crippen molar-refractivity contribution in [2.24, 2.45) is 0 Å². The van der Waals surface area contributed by atoms with E-state index in [0.29, 0.717) is 5.92 Å². The second kappa shape index (κ2) is 4.09. The van der Waals surface area contributed by atoms with E-state index in [-0.39, 0.29) is 6.61 Å². The number of aliphatic hydroxyl groups is 1. The van der Waals surface area contributed by atoms with Gasteiger partial charge >= 0.3 is 0 Å². The van der Waals surface area contributed by atoms with Crippen LogP contribution in [-0.2, 0) is 13.0 Å². The normalized spacial score (nSPS) is 20.9. The van der Waals surface area contributed by atoms with Crippen molar-refractivity contribution in [3.63, 3.8) is 0 Å². The predicted molar refractivity (Wildman–Crippen MR) is 53.1 cm³/mol. The van der Waals surface area contributed by atoms with Gasteiger partial charge in [-0.2, -0.15) is 5.10 Å². The molecule has 4 nitrogen and oxygen atoms in total. The Morgan fingerprint density at radius 3 is 3.14 bits per heavy atom. The van der Waals surface area contributed by atoms with Gasteiger partial charge in [-0.3, -0.25) is 0 Å². The number of rotatable bonds is 3. The maximum atomic E-state index is 8.72. The van der Waals surface area contributed by atoms with Gasteiger partial charge in [-0.25, -0.2) is 9.67 Å². The molecule has 1 aromatic heterocycles. The molecule has 0 radical (unpaired) electrons. The summed E-state index contributed by atoms with van der Waals surface area (Å²) in [4.78, 5) is 4.51. The van der Waals surface area contributed by atoms with Crippen molar-refractivity contribution in [2.45, 2.75) is 45.1 Å². The fourth-order valence-electron chi connectivity index (χ4n) is 1.95. The molecular weight excluding hydrogens is 178 g/mol. The van der Waals surface area contributed by atoms with Gasteiger partial charge in [0, 0.05) is 25.5 Å². The summed E-state index contributed by atoms with van der Waals surface area (Å²) in [5, 5.41) is 13.2. The molecule has 1 aliphatic heterocycles. The van der Waals surface area contributed by atoms with E-state index in [1.807, 2.05) is 4.68 Å². The van der Waals surface area contributed by atoms with Crippen LogP contribution in [0.4, 0.5) is 0 Å². The van der Waals surface area contributed by atoms with Gasteiger partial charge in [-0.15, -0.1) is 0 Å². The van der Waals surface area contributed by atoms with E-state index < -0.39 is 0 Å². The monoisotopic (exact) mass is 195 g/mol. The van der Waals surface area contributed by atoms with E-state index in [2.05, 4.69) is 17.0 Å². The Kier molecular flexibility index (Phi) is 2.82. The zero-order chi connectivity index (χ0) is 9.97. The van der Waals surface area contributed by atoms with Crippen LogP contribution in [0, 0.1) is 0 Å². The fraction of sp³-hybridized carbons (Fsp3) is 0.800. The van der Waals surface area contributed by atoms with Crippen LogP contribution < -0.4 is 0 Å². The number of aliphatic hydroxyl groups excluding tert-OH is 1. The first kappa shape index (κ1) is 9.65. The van der Waals surface area contributed by atoms with Gasteiger partial charge in [0.1, 0.15) is 5.82 Å². The predicted octanol–water partition coefficient (Wildman–Crippen LogP) is 1.10. The first-order valence-electron chi connectivity index (χ1n) is 5.35. The average molecular weight is 195 g/mol. The summed E-state index contributed by atoms with van der Waals surface area (Å²) in [6.07, 6.45) is 3.98. The largest absolute Gasteiger partial charge is 0.396 e. The maximum Gasteiger partial charge on any atom is 0.151 e. The van der Waals surface area contributed by atoms with Gasteiger partial charge < -0.3 is 5.11 Å². The molecule has 2 heterocycles. The molecule has 14 heavy (non-hydrogen) atoms. The molecule has 0 aliphatic carbocycles. The average Bonchev–Trinajstić information content (AvgIpc) is 2.59. The molecule has 0 saturated carbocycles. The molecular formula is C10H17N3O. The van der Waals surface area contributed by atoms with Crippen molar-refractivity contribution in [1.29, 1.82) is 0 Å². The van der Waals surface area contributed by atoms with Gasteiger partial charge in [-0.05, 0) is 19.3 Å². The lowest BCUT2D eigenvalue weighted by atomic mass is 10.0. The lowest BCUT2D eigenvalue weighted by molar-refractivity contribution is 0.287. The molecule has 0 spiro atoms. The third kappa shape index (κ3) is 1.80. The standard InChI is InChI=1S/C10H17N3O/c1-8-4-2-6-13-10(8)11-9(12-13)5-3-7-14/h8,14H,2-7H2,1H3. The van der Waals surface area contributed by atoms with Crippen LogP contribution in [0.3, 0.4) is 0 Å². The van der Waals surface area contributed by atoms with Crippen molar-refractivity contribution in [1.82, 2.24) is 14.8 Å². The number of hydrogen-bond acceptors (Lipinski definition) is 3. The third-order valence-electron chi connectivity index (χ3n) is 2.75. The van der Waals surface area contributed by atoms with Gasteiger partial charge in [0.25, 0.3) is 0 Å². The Labute approximate surface area is 84.0 Å². The van der Waals surface area contributed by atoms with Crippen molar-refractivity contribution in [2.75, 3.05) is 6.61 Å². The molecule has 0 bridgehead atoms. The summed E-state index contributed by atoms with van der Waals surface area (Å²) < 4.78 is 2.03. The lowest BCUT2D eigenvalue weighted by Crippen LogP contribution is -2.14. The summed E-state index contributed by atoms with van der Waals surface area (Å²) in [5.74, 6) is 2.56. The van der Waals surface area contributed by atoms with Crippen molar-refractivity contribution < 1.29 is 5.11 Å². The Morgan fingerprint density at radius 2 is 2.43 bits per heavy atom. The second-order valence-electron chi connectivity index (χ2n) is 3.98. The first-order valence-corrected chi connectivity index (χ1v) is 5.35. The number of hydrogen-bond donors (Lipinski definition) is 1. The molecule has 1 unspecified atom stereocenters. The SMILES string of the molecule is CC1CCCn2nc(CCCO)nc21. The highest BCUT2D eigenvalue weighted by Gasteiger charge is 2.19.